The van der Waals surface area contributed by atoms with Crippen LogP contribution in [0.25, 0.3) is 66.1 Å². The molecule has 0 spiro atoms. The number of furan rings is 1. The Bertz CT molecular complexity index is 2560. The van der Waals surface area contributed by atoms with Crippen LogP contribution in [-0.2, 0) is 0 Å². The van der Waals surface area contributed by atoms with Crippen molar-refractivity contribution in [1.82, 2.24) is 0 Å². The molecule has 1 aromatic heterocycles. The van der Waals surface area contributed by atoms with E-state index in [-0.39, 0.29) is 0 Å². The van der Waals surface area contributed by atoms with E-state index in [1.54, 1.807) is 0 Å². The first kappa shape index (κ1) is 27.9. The number of anilines is 3. The summed E-state index contributed by atoms with van der Waals surface area (Å²) in [5.74, 6) is 0. The van der Waals surface area contributed by atoms with Gasteiger partial charge in [-0.05, 0) is 105 Å². The Labute approximate surface area is 279 Å². The van der Waals surface area contributed by atoms with Crippen LogP contribution in [0, 0.1) is 0 Å². The molecule has 0 amide bonds. The predicted octanol–water partition coefficient (Wildman–Crippen LogP) is 13.2. The van der Waals surface area contributed by atoms with Gasteiger partial charge in [0.2, 0.25) is 0 Å². The molecule has 2 heteroatoms. The van der Waals surface area contributed by atoms with E-state index < -0.39 is 0 Å². The zero-order valence-electron chi connectivity index (χ0n) is 26.3. The maximum atomic E-state index is 6.25. The predicted molar refractivity (Wildman–Crippen MR) is 202 cm³/mol. The number of nitrogens with zero attached hydrogens (tertiary/aromatic N) is 1. The highest BCUT2D eigenvalue weighted by atomic mass is 16.3. The molecule has 8 aromatic carbocycles. The highest BCUT2D eigenvalue weighted by molar-refractivity contribution is 6.06. The molecule has 9 rings (SSSR count). The monoisotopic (exact) mass is 613 g/mol. The SMILES string of the molecule is c1ccc(-c2ccc(N(c3cccc(-c4ccc5ccccc5c4)c3)c3cccc(-c4ccc5c(c4)oc4ccccc45)c3)cc2)cc1. The van der Waals surface area contributed by atoms with Crippen molar-refractivity contribution in [2.75, 3.05) is 4.90 Å². The van der Waals surface area contributed by atoms with Gasteiger partial charge in [-0.15, -0.1) is 0 Å². The summed E-state index contributed by atoms with van der Waals surface area (Å²) in [5, 5.41) is 4.76. The Kier molecular flexibility index (Phi) is 6.84. The van der Waals surface area contributed by atoms with Crippen LogP contribution in [0.3, 0.4) is 0 Å². The van der Waals surface area contributed by atoms with Crippen molar-refractivity contribution in [2.45, 2.75) is 0 Å². The fraction of sp³-hybridized carbons (Fsp3) is 0. The summed E-state index contributed by atoms with van der Waals surface area (Å²) < 4.78 is 6.25. The highest BCUT2D eigenvalue weighted by Crippen LogP contribution is 2.40. The third-order valence-electron chi connectivity index (χ3n) is 9.24. The van der Waals surface area contributed by atoms with Gasteiger partial charge in [-0.1, -0.05) is 127 Å². The number of benzene rings is 8. The lowest BCUT2D eigenvalue weighted by molar-refractivity contribution is 0.669. The van der Waals surface area contributed by atoms with Gasteiger partial charge in [0.15, 0.2) is 0 Å². The van der Waals surface area contributed by atoms with E-state index in [2.05, 4.69) is 181 Å². The van der Waals surface area contributed by atoms with Gasteiger partial charge >= 0.3 is 0 Å². The standard InChI is InChI=1S/C46H31NO/c1-2-10-32(11-3-1)34-22-25-40(26-23-34)47(41-16-8-14-36(29-41)38-21-20-33-12-4-5-13-35(33)28-38)42-17-9-15-37(30-42)39-24-27-44-43-18-6-7-19-45(43)48-46(44)31-39/h1-31H. The van der Waals surface area contributed by atoms with Crippen molar-refractivity contribution in [3.63, 3.8) is 0 Å². The molecule has 0 unspecified atom stereocenters. The molecule has 0 saturated carbocycles. The smallest absolute Gasteiger partial charge is 0.136 e. The van der Waals surface area contributed by atoms with E-state index in [0.717, 1.165) is 50.1 Å². The first-order valence-electron chi connectivity index (χ1n) is 16.3. The first-order valence-corrected chi connectivity index (χ1v) is 16.3. The lowest BCUT2D eigenvalue weighted by Crippen LogP contribution is -2.10. The van der Waals surface area contributed by atoms with Crippen molar-refractivity contribution in [1.29, 1.82) is 0 Å². The highest BCUT2D eigenvalue weighted by Gasteiger charge is 2.16. The van der Waals surface area contributed by atoms with Crippen molar-refractivity contribution in [3.05, 3.63) is 188 Å². The Balaban J connectivity index is 1.16. The second-order valence-electron chi connectivity index (χ2n) is 12.2. The molecule has 0 radical (unpaired) electrons. The molecule has 0 fully saturated rings. The lowest BCUT2D eigenvalue weighted by atomic mass is 9.99. The van der Waals surface area contributed by atoms with Crippen LogP contribution in [-0.4, -0.2) is 0 Å². The van der Waals surface area contributed by atoms with Crippen LogP contribution in [0.15, 0.2) is 192 Å². The molecule has 2 nitrogen and oxygen atoms in total. The molecule has 9 aromatic rings. The van der Waals surface area contributed by atoms with Gasteiger partial charge in [-0.3, -0.25) is 0 Å². The summed E-state index contributed by atoms with van der Waals surface area (Å²) >= 11 is 0. The third-order valence-corrected chi connectivity index (χ3v) is 9.24. The summed E-state index contributed by atoms with van der Waals surface area (Å²) in [6.07, 6.45) is 0. The summed E-state index contributed by atoms with van der Waals surface area (Å²) in [4.78, 5) is 2.35. The van der Waals surface area contributed by atoms with Crippen LogP contribution in [0.5, 0.6) is 0 Å². The van der Waals surface area contributed by atoms with E-state index in [1.165, 1.54) is 33.0 Å². The second-order valence-corrected chi connectivity index (χ2v) is 12.2. The van der Waals surface area contributed by atoms with Gasteiger partial charge in [0, 0.05) is 27.8 Å². The molecular weight excluding hydrogens is 583 g/mol. The average Bonchev–Trinajstić information content (AvgIpc) is 3.54. The molecule has 48 heavy (non-hydrogen) atoms. The minimum atomic E-state index is 0.899. The molecule has 0 bridgehead atoms. The van der Waals surface area contributed by atoms with Crippen LogP contribution in [0.1, 0.15) is 0 Å². The molecule has 0 atom stereocenters. The Morgan fingerprint density at radius 3 is 1.60 bits per heavy atom. The van der Waals surface area contributed by atoms with Crippen molar-refractivity contribution >= 4 is 49.8 Å². The molecule has 0 aliphatic carbocycles. The summed E-state index contributed by atoms with van der Waals surface area (Å²) in [5.41, 5.74) is 12.1. The summed E-state index contributed by atoms with van der Waals surface area (Å²) in [6.45, 7) is 0. The summed E-state index contributed by atoms with van der Waals surface area (Å²) in [6, 6.07) is 67.0. The number of para-hydroxylation sites is 1. The minimum absolute atomic E-state index is 0.899. The Morgan fingerprint density at radius 1 is 0.292 bits per heavy atom. The van der Waals surface area contributed by atoms with Crippen LogP contribution >= 0.6 is 0 Å². The average molecular weight is 614 g/mol. The van der Waals surface area contributed by atoms with Crippen molar-refractivity contribution in [2.24, 2.45) is 0 Å². The van der Waals surface area contributed by atoms with Crippen molar-refractivity contribution in [3.8, 4) is 33.4 Å². The lowest BCUT2D eigenvalue weighted by Gasteiger charge is -2.27. The van der Waals surface area contributed by atoms with Crippen LogP contribution in [0.4, 0.5) is 17.1 Å². The van der Waals surface area contributed by atoms with E-state index in [4.69, 9.17) is 4.42 Å². The van der Waals surface area contributed by atoms with E-state index >= 15 is 0 Å². The number of rotatable bonds is 6. The van der Waals surface area contributed by atoms with Gasteiger partial charge in [0.05, 0.1) is 0 Å². The molecular formula is C46H31NO. The third kappa shape index (κ3) is 5.10. The molecule has 1 heterocycles. The van der Waals surface area contributed by atoms with Crippen LogP contribution in [0.2, 0.25) is 0 Å². The maximum absolute atomic E-state index is 6.25. The van der Waals surface area contributed by atoms with E-state index in [9.17, 15) is 0 Å². The van der Waals surface area contributed by atoms with Crippen LogP contribution < -0.4 is 4.90 Å². The first-order chi connectivity index (χ1) is 23.8. The number of hydrogen-bond donors (Lipinski definition) is 0. The molecule has 0 aliphatic heterocycles. The molecule has 226 valence electrons. The Hall–Kier alpha value is -6.38. The maximum Gasteiger partial charge on any atom is 0.136 e. The minimum Gasteiger partial charge on any atom is -0.456 e. The normalized spacial score (nSPS) is 11.3. The fourth-order valence-corrected chi connectivity index (χ4v) is 6.80. The van der Waals surface area contributed by atoms with Gasteiger partial charge in [0.1, 0.15) is 11.2 Å². The van der Waals surface area contributed by atoms with Gasteiger partial charge in [-0.25, -0.2) is 0 Å². The zero-order valence-corrected chi connectivity index (χ0v) is 26.3. The van der Waals surface area contributed by atoms with E-state index in [0.29, 0.717) is 0 Å². The van der Waals surface area contributed by atoms with Gasteiger partial charge in [0.25, 0.3) is 0 Å². The number of hydrogen-bond acceptors (Lipinski definition) is 2. The van der Waals surface area contributed by atoms with E-state index in [1.807, 2.05) is 12.1 Å². The van der Waals surface area contributed by atoms with Crippen molar-refractivity contribution < 1.29 is 4.42 Å². The molecule has 0 saturated heterocycles. The molecule has 0 aliphatic rings. The Morgan fingerprint density at radius 2 is 0.833 bits per heavy atom. The summed E-state index contributed by atoms with van der Waals surface area (Å²) in [7, 11) is 0. The van der Waals surface area contributed by atoms with Gasteiger partial charge in [-0.2, -0.15) is 0 Å². The fourth-order valence-electron chi connectivity index (χ4n) is 6.80. The zero-order chi connectivity index (χ0) is 31.9. The quantitative estimate of drug-likeness (QED) is 0.185. The number of fused-ring (bicyclic) bond motifs is 4. The second kappa shape index (κ2) is 11.8. The largest absolute Gasteiger partial charge is 0.456 e. The molecule has 0 N–H and O–H groups in total. The van der Waals surface area contributed by atoms with Gasteiger partial charge < -0.3 is 9.32 Å². The topological polar surface area (TPSA) is 16.4 Å².